The molecule has 4 aliphatic rings. The van der Waals surface area contributed by atoms with Crippen molar-refractivity contribution in [2.24, 2.45) is 28.1 Å². The molecule has 0 N–H and O–H groups in total. The quantitative estimate of drug-likeness (QED) is 0.630. The van der Waals surface area contributed by atoms with Gasteiger partial charge in [0, 0.05) is 0 Å². The van der Waals surface area contributed by atoms with Gasteiger partial charge in [-0.2, -0.15) is 0 Å². The Labute approximate surface area is 112 Å². The minimum Gasteiger partial charge on any atom is -0.424 e. The van der Waals surface area contributed by atoms with Gasteiger partial charge >= 0.3 is 11.9 Å². The summed E-state index contributed by atoms with van der Waals surface area (Å²) >= 11 is 0. The van der Waals surface area contributed by atoms with Crippen LogP contribution >= 0.6 is 0 Å². The van der Waals surface area contributed by atoms with Gasteiger partial charge in [0.25, 0.3) is 6.29 Å². The van der Waals surface area contributed by atoms with Gasteiger partial charge in [-0.25, -0.2) is 0 Å². The molecule has 1 spiro atoms. The normalized spacial score (nSPS) is 53.5. The lowest BCUT2D eigenvalue weighted by Gasteiger charge is -2.48. The number of carbonyl (C=O) groups is 2. The van der Waals surface area contributed by atoms with Gasteiger partial charge in [0.15, 0.2) is 0 Å². The van der Waals surface area contributed by atoms with E-state index in [1.807, 2.05) is 0 Å². The number of hydrogen-bond donors (Lipinski definition) is 0. The summed E-state index contributed by atoms with van der Waals surface area (Å²) in [6, 6.07) is 0. The smallest absolute Gasteiger partial charge is 0.312 e. The molecule has 0 radical (unpaired) electrons. The van der Waals surface area contributed by atoms with Crippen LogP contribution < -0.4 is 0 Å². The highest BCUT2D eigenvalue weighted by Crippen LogP contribution is 2.77. The molecule has 0 bridgehead atoms. The topological polar surface area (TPSA) is 52.6 Å². The highest BCUT2D eigenvalue weighted by atomic mass is 16.7. The van der Waals surface area contributed by atoms with Crippen molar-refractivity contribution >= 4 is 11.9 Å². The first-order valence-corrected chi connectivity index (χ1v) is 7.21. The van der Waals surface area contributed by atoms with Crippen LogP contribution in [0.2, 0.25) is 0 Å². The van der Waals surface area contributed by atoms with Crippen molar-refractivity contribution in [3.05, 3.63) is 0 Å². The van der Waals surface area contributed by atoms with Gasteiger partial charge in [0.05, 0.1) is 17.8 Å². The summed E-state index contributed by atoms with van der Waals surface area (Å²) in [5.74, 6) is -0.0111. The number of hydrogen-bond acceptors (Lipinski definition) is 4. The van der Waals surface area contributed by atoms with E-state index in [0.29, 0.717) is 12.3 Å². The zero-order chi connectivity index (χ0) is 13.6. The first-order valence-electron chi connectivity index (χ1n) is 7.21. The van der Waals surface area contributed by atoms with E-state index in [9.17, 15) is 9.59 Å². The maximum absolute atomic E-state index is 12.2. The van der Waals surface area contributed by atoms with E-state index >= 15 is 0 Å². The number of carbonyl (C=O) groups excluding carboxylic acids is 2. The average Bonchev–Trinajstić information content (AvgIpc) is 2.80. The fourth-order valence-electron chi connectivity index (χ4n) is 6.24. The predicted octanol–water partition coefficient (Wildman–Crippen LogP) is 2.27. The number of rotatable bonds is 0. The Morgan fingerprint density at radius 1 is 1.11 bits per heavy atom. The van der Waals surface area contributed by atoms with Crippen molar-refractivity contribution in [1.82, 2.24) is 0 Å². The molecule has 104 valence electrons. The largest absolute Gasteiger partial charge is 0.424 e. The fourth-order valence-corrected chi connectivity index (χ4v) is 6.24. The van der Waals surface area contributed by atoms with Crippen LogP contribution in [0.15, 0.2) is 0 Å². The Kier molecular flexibility index (Phi) is 1.85. The average molecular weight is 264 g/mol. The van der Waals surface area contributed by atoms with Gasteiger partial charge in [-0.3, -0.25) is 9.59 Å². The second-order valence-electron chi connectivity index (χ2n) is 7.78. The van der Waals surface area contributed by atoms with Crippen LogP contribution in [-0.4, -0.2) is 18.2 Å². The Bertz CT molecular complexity index is 494. The van der Waals surface area contributed by atoms with E-state index in [0.717, 1.165) is 19.3 Å². The van der Waals surface area contributed by atoms with Gasteiger partial charge in [-0.15, -0.1) is 0 Å². The van der Waals surface area contributed by atoms with Crippen molar-refractivity contribution in [3.63, 3.8) is 0 Å². The molecule has 4 rings (SSSR count). The molecule has 4 nitrogen and oxygen atoms in total. The highest BCUT2D eigenvalue weighted by molar-refractivity contribution is 5.80. The molecule has 19 heavy (non-hydrogen) atoms. The second-order valence-corrected chi connectivity index (χ2v) is 7.78. The molecule has 2 unspecified atom stereocenters. The van der Waals surface area contributed by atoms with Crippen LogP contribution in [0.4, 0.5) is 0 Å². The number of ether oxygens (including phenoxy) is 2. The molecular weight excluding hydrogens is 244 g/mol. The summed E-state index contributed by atoms with van der Waals surface area (Å²) in [6.07, 6.45) is 2.71. The van der Waals surface area contributed by atoms with E-state index in [-0.39, 0.29) is 34.1 Å². The minimum atomic E-state index is -0.634. The highest BCUT2D eigenvalue weighted by Gasteiger charge is 2.80. The van der Waals surface area contributed by atoms with Crippen LogP contribution in [0, 0.1) is 28.1 Å². The van der Waals surface area contributed by atoms with Crippen molar-refractivity contribution in [2.75, 3.05) is 0 Å². The van der Waals surface area contributed by atoms with E-state index in [4.69, 9.17) is 9.47 Å². The Balaban J connectivity index is 1.95. The van der Waals surface area contributed by atoms with E-state index in [1.54, 1.807) is 0 Å². The molecule has 2 aliphatic heterocycles. The van der Waals surface area contributed by atoms with Crippen LogP contribution in [-0.2, 0) is 19.1 Å². The third kappa shape index (κ3) is 1.05. The van der Waals surface area contributed by atoms with Crippen LogP contribution in [0.5, 0.6) is 0 Å². The summed E-state index contributed by atoms with van der Waals surface area (Å²) in [6.45, 7) is 6.70. The molecule has 0 amide bonds. The molecule has 4 heteroatoms. The summed E-state index contributed by atoms with van der Waals surface area (Å²) in [5.41, 5.74) is -0.278. The van der Waals surface area contributed by atoms with E-state index in [1.165, 1.54) is 0 Å². The molecule has 2 heterocycles. The van der Waals surface area contributed by atoms with Crippen molar-refractivity contribution in [1.29, 1.82) is 0 Å². The second kappa shape index (κ2) is 2.99. The lowest BCUT2D eigenvalue weighted by molar-refractivity contribution is -0.228. The Hall–Kier alpha value is -1.06. The molecule has 0 aromatic carbocycles. The van der Waals surface area contributed by atoms with E-state index in [2.05, 4.69) is 20.8 Å². The third-order valence-corrected chi connectivity index (χ3v) is 6.40. The molecule has 0 aromatic heterocycles. The fraction of sp³-hybridized carbons (Fsp3) is 0.867. The van der Waals surface area contributed by atoms with Crippen molar-refractivity contribution in [3.8, 4) is 0 Å². The summed E-state index contributed by atoms with van der Waals surface area (Å²) in [7, 11) is 0. The van der Waals surface area contributed by atoms with Gasteiger partial charge in [-0.1, -0.05) is 20.8 Å². The molecule has 2 saturated heterocycles. The lowest BCUT2D eigenvalue weighted by Crippen LogP contribution is -2.54. The number of esters is 2. The summed E-state index contributed by atoms with van der Waals surface area (Å²) < 4.78 is 10.9. The van der Waals surface area contributed by atoms with Gasteiger partial charge < -0.3 is 9.47 Å². The van der Waals surface area contributed by atoms with Gasteiger partial charge in [0.1, 0.15) is 0 Å². The first-order chi connectivity index (χ1) is 8.81. The first kappa shape index (κ1) is 11.7. The molecule has 2 saturated carbocycles. The van der Waals surface area contributed by atoms with Crippen LogP contribution in [0.1, 0.15) is 46.5 Å². The molecule has 2 aliphatic carbocycles. The minimum absolute atomic E-state index is 0.0672. The standard InChI is InChI=1S/C15H20O4/c1-13(2)7-14(3)6-10(16)18-12-15(14)8(11(17)19-12)4-5-9(13)15/h8-9,12H,4-7H2,1-3H3/t8-,9-,12?,14-,15?/m0/s1. The van der Waals surface area contributed by atoms with Gasteiger partial charge in [-0.05, 0) is 36.0 Å². The SMILES string of the molecule is CC1(C)C[C@]2(C)CC(=O)OC3OC(=O)[C@@H]4CC[C@@H]1C342. The molecule has 5 atom stereocenters. The van der Waals surface area contributed by atoms with Crippen LogP contribution in [0.3, 0.4) is 0 Å². The van der Waals surface area contributed by atoms with Crippen molar-refractivity contribution in [2.45, 2.75) is 52.7 Å². The monoisotopic (exact) mass is 264 g/mol. The Morgan fingerprint density at radius 3 is 2.58 bits per heavy atom. The third-order valence-electron chi connectivity index (χ3n) is 6.40. The van der Waals surface area contributed by atoms with E-state index < -0.39 is 6.29 Å². The molecule has 0 aromatic rings. The summed E-state index contributed by atoms with van der Waals surface area (Å²) in [5, 5.41) is 0. The molecule has 4 fully saturated rings. The summed E-state index contributed by atoms with van der Waals surface area (Å²) in [4.78, 5) is 24.1. The van der Waals surface area contributed by atoms with Crippen LogP contribution in [0.25, 0.3) is 0 Å². The zero-order valence-electron chi connectivity index (χ0n) is 11.7. The lowest BCUT2D eigenvalue weighted by atomic mass is 9.58. The van der Waals surface area contributed by atoms with Gasteiger partial charge in [0.2, 0.25) is 0 Å². The Morgan fingerprint density at radius 2 is 1.84 bits per heavy atom. The molecular formula is C15H20O4. The van der Waals surface area contributed by atoms with Crippen molar-refractivity contribution < 1.29 is 19.1 Å². The predicted molar refractivity (Wildman–Crippen MR) is 65.7 cm³/mol. The maximum atomic E-state index is 12.2. The maximum Gasteiger partial charge on any atom is 0.312 e. The zero-order valence-corrected chi connectivity index (χ0v) is 11.7.